The Bertz CT molecular complexity index is 988. The molecule has 0 N–H and O–H groups in total. The molecule has 1 amide bonds. The van der Waals surface area contributed by atoms with Crippen LogP contribution in [0.2, 0.25) is 10.0 Å². The summed E-state index contributed by atoms with van der Waals surface area (Å²) in [4.78, 5) is 19.2. The number of carbonyl (C=O) groups excluding carboxylic acids is 1. The molecule has 2 fully saturated rings. The Morgan fingerprint density at radius 3 is 2.49 bits per heavy atom. The van der Waals surface area contributed by atoms with Gasteiger partial charge >= 0.3 is 0 Å². The molecule has 2 saturated heterocycles. The van der Waals surface area contributed by atoms with Gasteiger partial charge in [0.1, 0.15) is 17.3 Å². The summed E-state index contributed by atoms with van der Waals surface area (Å²) in [5.41, 5.74) is 0. The molecule has 1 aromatic carbocycles. The number of hydrogen-bond donors (Lipinski definition) is 0. The first-order chi connectivity index (χ1) is 16.5. The quantitative estimate of drug-likeness (QED) is 0.413. The molecule has 0 radical (unpaired) electrons. The van der Waals surface area contributed by atoms with Gasteiger partial charge < -0.3 is 19.3 Å². The first-order valence-electron chi connectivity index (χ1n) is 11.8. The first-order valence-corrected chi connectivity index (χ1v) is 14.0. The SMILES string of the molecule is COc1cc(Cl)cc(Cl)c1S(=O)(=O)N(C)CCOCC(=O)N(C)[C@@H]1CCN(C2CCN(C)CC2)C1. The summed E-state index contributed by atoms with van der Waals surface area (Å²) in [5.74, 6) is -0.0360. The molecule has 1 aromatic rings. The fourth-order valence-electron chi connectivity index (χ4n) is 4.65. The van der Waals surface area contributed by atoms with E-state index in [4.69, 9.17) is 32.7 Å². The highest BCUT2D eigenvalue weighted by molar-refractivity contribution is 7.89. The molecule has 0 aliphatic carbocycles. The van der Waals surface area contributed by atoms with Crippen molar-refractivity contribution in [3.05, 3.63) is 22.2 Å². The van der Waals surface area contributed by atoms with E-state index in [9.17, 15) is 13.2 Å². The molecule has 0 spiro atoms. The third-order valence-corrected chi connectivity index (χ3v) is 9.55. The van der Waals surface area contributed by atoms with Gasteiger partial charge in [-0.3, -0.25) is 9.69 Å². The van der Waals surface area contributed by atoms with Gasteiger partial charge in [0.25, 0.3) is 0 Å². The Hall–Kier alpha value is -1.14. The van der Waals surface area contributed by atoms with E-state index in [-0.39, 0.29) is 52.4 Å². The van der Waals surface area contributed by atoms with Crippen molar-refractivity contribution in [2.75, 3.05) is 74.2 Å². The first kappa shape index (κ1) is 28.4. The summed E-state index contributed by atoms with van der Waals surface area (Å²) < 4.78 is 37.8. The number of piperidine rings is 1. The summed E-state index contributed by atoms with van der Waals surface area (Å²) in [5, 5.41) is 0.251. The van der Waals surface area contributed by atoms with Gasteiger partial charge in [0.05, 0.1) is 18.7 Å². The van der Waals surface area contributed by atoms with Crippen LogP contribution in [-0.4, -0.2) is 120 Å². The summed E-state index contributed by atoms with van der Waals surface area (Å²) in [7, 11) is 2.81. The van der Waals surface area contributed by atoms with E-state index in [0.29, 0.717) is 6.04 Å². The molecule has 3 rings (SSSR count). The number of hydrogen-bond acceptors (Lipinski definition) is 7. The number of benzene rings is 1. The average Bonchev–Trinajstić information content (AvgIpc) is 3.30. The average molecular weight is 552 g/mol. The van der Waals surface area contributed by atoms with Gasteiger partial charge in [-0.05, 0) is 45.5 Å². The van der Waals surface area contributed by atoms with Crippen LogP contribution in [0.3, 0.4) is 0 Å². The van der Waals surface area contributed by atoms with E-state index >= 15 is 0 Å². The minimum atomic E-state index is -3.95. The van der Waals surface area contributed by atoms with E-state index in [1.54, 1.807) is 4.90 Å². The normalized spacial score (nSPS) is 20.5. The number of rotatable bonds is 10. The monoisotopic (exact) mass is 550 g/mol. The van der Waals surface area contributed by atoms with Crippen LogP contribution < -0.4 is 4.74 Å². The van der Waals surface area contributed by atoms with Gasteiger partial charge in [0.15, 0.2) is 0 Å². The zero-order chi connectivity index (χ0) is 25.8. The van der Waals surface area contributed by atoms with Crippen molar-refractivity contribution in [1.82, 2.24) is 19.0 Å². The zero-order valence-corrected chi connectivity index (χ0v) is 23.2. The maximum atomic E-state index is 13.0. The van der Waals surface area contributed by atoms with E-state index in [2.05, 4.69) is 16.8 Å². The highest BCUT2D eigenvalue weighted by Gasteiger charge is 2.33. The van der Waals surface area contributed by atoms with Gasteiger partial charge in [-0.1, -0.05) is 23.2 Å². The maximum absolute atomic E-state index is 13.0. The van der Waals surface area contributed by atoms with Crippen LogP contribution in [0.15, 0.2) is 17.0 Å². The van der Waals surface area contributed by atoms with Crippen molar-refractivity contribution in [3.63, 3.8) is 0 Å². The minimum absolute atomic E-state index is 0.0234. The maximum Gasteiger partial charge on any atom is 0.248 e. The molecule has 12 heteroatoms. The van der Waals surface area contributed by atoms with Crippen molar-refractivity contribution in [2.24, 2.45) is 0 Å². The molecule has 2 aliphatic rings. The van der Waals surface area contributed by atoms with Gasteiger partial charge in [0, 0.05) is 56.9 Å². The van der Waals surface area contributed by atoms with Gasteiger partial charge in [-0.15, -0.1) is 0 Å². The molecule has 2 heterocycles. The molecule has 0 saturated carbocycles. The van der Waals surface area contributed by atoms with Crippen molar-refractivity contribution in [3.8, 4) is 5.75 Å². The van der Waals surface area contributed by atoms with Crippen LogP contribution in [0.5, 0.6) is 5.75 Å². The van der Waals surface area contributed by atoms with E-state index in [1.165, 1.54) is 39.1 Å². The van der Waals surface area contributed by atoms with Crippen LogP contribution in [-0.2, 0) is 19.6 Å². The van der Waals surface area contributed by atoms with Crippen molar-refractivity contribution < 1.29 is 22.7 Å². The second-order valence-electron chi connectivity index (χ2n) is 9.27. The van der Waals surface area contributed by atoms with E-state index < -0.39 is 10.0 Å². The molecular weight excluding hydrogens is 515 g/mol. The largest absolute Gasteiger partial charge is 0.495 e. The fourth-order valence-corrected chi connectivity index (χ4v) is 6.74. The van der Waals surface area contributed by atoms with Crippen LogP contribution >= 0.6 is 23.2 Å². The third-order valence-electron chi connectivity index (χ3n) is 6.98. The number of carbonyl (C=O) groups is 1. The van der Waals surface area contributed by atoms with Crippen molar-refractivity contribution >= 4 is 39.1 Å². The lowest BCUT2D eigenvalue weighted by atomic mass is 10.0. The Balaban J connectivity index is 1.45. The third kappa shape index (κ3) is 7.00. The molecular formula is C23H36Cl2N4O5S. The molecule has 2 aliphatic heterocycles. The summed E-state index contributed by atoms with van der Waals surface area (Å²) in [6, 6.07) is 3.53. The van der Waals surface area contributed by atoms with Gasteiger partial charge in [-0.25, -0.2) is 8.42 Å². The predicted octanol–water partition coefficient (Wildman–Crippen LogP) is 2.27. The molecule has 35 heavy (non-hydrogen) atoms. The van der Waals surface area contributed by atoms with E-state index in [0.717, 1.165) is 36.9 Å². The number of sulfonamides is 1. The number of nitrogens with zero attached hydrogens (tertiary/aromatic N) is 4. The Labute approximate surface area is 218 Å². The van der Waals surface area contributed by atoms with Crippen LogP contribution in [0.25, 0.3) is 0 Å². The number of likely N-dealkylation sites (tertiary alicyclic amines) is 2. The fraction of sp³-hybridized carbons (Fsp3) is 0.696. The lowest BCUT2D eigenvalue weighted by molar-refractivity contribution is -0.136. The van der Waals surface area contributed by atoms with Crippen molar-refractivity contribution in [1.29, 1.82) is 0 Å². The Morgan fingerprint density at radius 2 is 1.83 bits per heavy atom. The predicted molar refractivity (Wildman–Crippen MR) is 137 cm³/mol. The number of halogens is 2. The minimum Gasteiger partial charge on any atom is -0.495 e. The molecule has 0 unspecified atom stereocenters. The Morgan fingerprint density at radius 1 is 1.14 bits per heavy atom. The number of amides is 1. The smallest absolute Gasteiger partial charge is 0.248 e. The number of methoxy groups -OCH3 is 1. The van der Waals surface area contributed by atoms with Gasteiger partial charge in [-0.2, -0.15) is 4.31 Å². The molecule has 1 atom stereocenters. The zero-order valence-electron chi connectivity index (χ0n) is 20.9. The van der Waals surface area contributed by atoms with Crippen LogP contribution in [0.1, 0.15) is 19.3 Å². The highest BCUT2D eigenvalue weighted by Crippen LogP contribution is 2.36. The van der Waals surface area contributed by atoms with Crippen molar-refractivity contribution in [2.45, 2.75) is 36.2 Å². The van der Waals surface area contributed by atoms with Gasteiger partial charge in [0.2, 0.25) is 15.9 Å². The molecule has 0 aromatic heterocycles. The Kier molecular flexibility index (Phi) is 10.1. The highest BCUT2D eigenvalue weighted by atomic mass is 35.5. The van der Waals surface area contributed by atoms with E-state index in [1.807, 2.05) is 7.05 Å². The molecule has 198 valence electrons. The lowest BCUT2D eigenvalue weighted by Crippen LogP contribution is -2.45. The second kappa shape index (κ2) is 12.4. The second-order valence-corrected chi connectivity index (χ2v) is 12.1. The summed E-state index contributed by atoms with van der Waals surface area (Å²) in [6.07, 6.45) is 3.31. The van der Waals surface area contributed by atoms with Crippen LogP contribution in [0.4, 0.5) is 0 Å². The number of ether oxygens (including phenoxy) is 2. The van der Waals surface area contributed by atoms with Crippen LogP contribution in [0, 0.1) is 0 Å². The summed E-state index contributed by atoms with van der Waals surface area (Å²) >= 11 is 12.1. The topological polar surface area (TPSA) is 82.6 Å². The number of likely N-dealkylation sites (N-methyl/N-ethyl adjacent to an activating group) is 2. The molecule has 9 nitrogen and oxygen atoms in total. The lowest BCUT2D eigenvalue weighted by Gasteiger charge is -2.35. The molecule has 0 bridgehead atoms. The summed E-state index contributed by atoms with van der Waals surface area (Å²) in [6.45, 7) is 4.16. The standard InChI is InChI=1S/C23H36Cl2N4O5S/c1-26-8-5-18(6-9-26)29-10-7-19(15-29)28(3)22(30)16-34-12-11-27(2)35(31,32)23-20(25)13-17(24)14-21(23)33-4/h13-14,18-19H,5-12,15-16H2,1-4H3/t19-/m1/s1.